The van der Waals surface area contributed by atoms with Gasteiger partial charge in [0.25, 0.3) is 0 Å². The summed E-state index contributed by atoms with van der Waals surface area (Å²) in [7, 11) is 0. The maximum absolute atomic E-state index is 10.3. The smallest absolute Gasteiger partial charge is 0.0899 e. The summed E-state index contributed by atoms with van der Waals surface area (Å²) in [6.45, 7) is 7.68. The minimum atomic E-state index is -0.573. The predicted octanol–water partition coefficient (Wildman–Crippen LogP) is 5.44. The van der Waals surface area contributed by atoms with E-state index in [1.54, 1.807) is 0 Å². The van der Waals surface area contributed by atoms with Crippen LogP contribution in [0.25, 0.3) is 0 Å². The number of benzene rings is 1. The Bertz CT molecular complexity index is 745. The van der Waals surface area contributed by atoms with Crippen LogP contribution in [-0.4, -0.2) is 18.2 Å². The molecule has 1 aromatic carbocycles. The van der Waals surface area contributed by atoms with Crippen LogP contribution < -0.4 is 4.90 Å². The van der Waals surface area contributed by atoms with Crippen molar-refractivity contribution < 1.29 is 5.11 Å². The summed E-state index contributed by atoms with van der Waals surface area (Å²) in [5.74, 6) is 0. The minimum Gasteiger partial charge on any atom is -0.385 e. The quantitative estimate of drug-likeness (QED) is 0.633. The molecule has 0 spiro atoms. The highest BCUT2D eigenvalue weighted by molar-refractivity contribution is 5.53. The maximum atomic E-state index is 10.3. The van der Waals surface area contributed by atoms with Gasteiger partial charge >= 0.3 is 0 Å². The Morgan fingerprint density at radius 1 is 1.23 bits per heavy atom. The molecule has 1 saturated carbocycles. The third-order valence-corrected chi connectivity index (χ3v) is 5.08. The monoisotopic (exact) mass is 347 g/mol. The average molecular weight is 348 g/mol. The van der Waals surface area contributed by atoms with E-state index in [2.05, 4.69) is 66.1 Å². The number of rotatable bonds is 8. The van der Waals surface area contributed by atoms with Crippen molar-refractivity contribution in [2.24, 2.45) is 0 Å². The van der Waals surface area contributed by atoms with E-state index in [-0.39, 0.29) is 0 Å². The molecule has 3 rings (SSSR count). The SMILES string of the molecule is C=CC(=CC=CC)CN(CC1=CCCC=C1)c1ccc(C2(O)CC2)cc1. The fourth-order valence-corrected chi connectivity index (χ4v) is 3.26. The van der Waals surface area contributed by atoms with E-state index in [4.69, 9.17) is 0 Å². The van der Waals surface area contributed by atoms with E-state index < -0.39 is 5.60 Å². The van der Waals surface area contributed by atoms with E-state index >= 15 is 0 Å². The van der Waals surface area contributed by atoms with Crippen LogP contribution in [0.2, 0.25) is 0 Å². The first kappa shape index (κ1) is 18.5. The number of anilines is 1. The number of allylic oxidation sites excluding steroid dienone is 5. The molecule has 0 heterocycles. The zero-order valence-corrected chi connectivity index (χ0v) is 15.7. The summed E-state index contributed by atoms with van der Waals surface area (Å²) in [6.07, 6.45) is 19.0. The molecule has 0 bridgehead atoms. The molecule has 0 unspecified atom stereocenters. The number of hydrogen-bond donors (Lipinski definition) is 1. The molecule has 0 amide bonds. The van der Waals surface area contributed by atoms with Crippen molar-refractivity contribution in [1.82, 2.24) is 0 Å². The maximum Gasteiger partial charge on any atom is 0.0899 e. The van der Waals surface area contributed by atoms with E-state index in [0.29, 0.717) is 0 Å². The van der Waals surface area contributed by atoms with Gasteiger partial charge in [0.2, 0.25) is 0 Å². The molecule has 2 aliphatic rings. The molecule has 136 valence electrons. The van der Waals surface area contributed by atoms with Gasteiger partial charge in [-0.3, -0.25) is 0 Å². The summed E-state index contributed by atoms with van der Waals surface area (Å²) in [5, 5.41) is 10.3. The Labute approximate surface area is 157 Å². The lowest BCUT2D eigenvalue weighted by Gasteiger charge is -2.27. The molecule has 26 heavy (non-hydrogen) atoms. The van der Waals surface area contributed by atoms with Crippen molar-refractivity contribution in [1.29, 1.82) is 0 Å². The van der Waals surface area contributed by atoms with Gasteiger partial charge in [-0.15, -0.1) is 0 Å². The van der Waals surface area contributed by atoms with Crippen LogP contribution in [0, 0.1) is 0 Å². The van der Waals surface area contributed by atoms with Crippen LogP contribution >= 0.6 is 0 Å². The molecule has 0 atom stereocenters. The summed E-state index contributed by atoms with van der Waals surface area (Å²) >= 11 is 0. The highest BCUT2D eigenvalue weighted by atomic mass is 16.3. The average Bonchev–Trinajstić information content (AvgIpc) is 3.44. The van der Waals surface area contributed by atoms with Crippen molar-refractivity contribution in [3.05, 3.63) is 90.1 Å². The van der Waals surface area contributed by atoms with Gasteiger partial charge in [0.05, 0.1) is 5.60 Å². The predicted molar refractivity (Wildman–Crippen MR) is 111 cm³/mol. The Balaban J connectivity index is 1.82. The van der Waals surface area contributed by atoms with Crippen LogP contribution in [-0.2, 0) is 5.60 Å². The zero-order chi connectivity index (χ0) is 18.4. The standard InChI is InChI=1S/C24H29NO/c1-3-5-9-20(4-2)18-25(19-21-10-7-6-8-11-21)23-14-12-22(13-15-23)24(26)16-17-24/h3-5,7,9-15,26H,2,6,8,16-19H2,1H3. The molecule has 1 fully saturated rings. The van der Waals surface area contributed by atoms with Gasteiger partial charge in [-0.05, 0) is 61.4 Å². The normalized spacial score (nSPS) is 18.7. The van der Waals surface area contributed by atoms with Crippen LogP contribution in [0.5, 0.6) is 0 Å². The fourth-order valence-electron chi connectivity index (χ4n) is 3.26. The van der Waals surface area contributed by atoms with E-state index in [1.807, 2.05) is 19.1 Å². The summed E-state index contributed by atoms with van der Waals surface area (Å²) in [5.41, 5.74) is 4.18. The summed E-state index contributed by atoms with van der Waals surface area (Å²) in [6, 6.07) is 8.41. The molecule has 0 radical (unpaired) electrons. The largest absolute Gasteiger partial charge is 0.385 e. The van der Waals surface area contributed by atoms with Crippen molar-refractivity contribution >= 4 is 5.69 Å². The first-order valence-electron chi connectivity index (χ1n) is 9.52. The van der Waals surface area contributed by atoms with Crippen LogP contribution in [0.3, 0.4) is 0 Å². The van der Waals surface area contributed by atoms with Crippen LogP contribution in [0.4, 0.5) is 5.69 Å². The third-order valence-electron chi connectivity index (χ3n) is 5.08. The van der Waals surface area contributed by atoms with Crippen molar-refractivity contribution in [3.63, 3.8) is 0 Å². The Kier molecular flexibility index (Phi) is 5.95. The van der Waals surface area contributed by atoms with Crippen LogP contribution in [0.1, 0.15) is 38.2 Å². The molecule has 2 heteroatoms. The number of nitrogens with zero attached hydrogens (tertiary/aromatic N) is 1. The lowest BCUT2D eigenvalue weighted by molar-refractivity contribution is 0.151. The topological polar surface area (TPSA) is 23.5 Å². The first-order chi connectivity index (χ1) is 12.6. The molecular weight excluding hydrogens is 318 g/mol. The second-order valence-electron chi connectivity index (χ2n) is 7.16. The van der Waals surface area contributed by atoms with Crippen LogP contribution in [0.15, 0.2) is 84.5 Å². The van der Waals surface area contributed by atoms with Gasteiger partial charge in [-0.1, -0.05) is 61.2 Å². The molecule has 0 saturated heterocycles. The molecule has 0 aromatic heterocycles. The molecule has 1 aromatic rings. The van der Waals surface area contributed by atoms with Gasteiger partial charge in [-0.2, -0.15) is 0 Å². The van der Waals surface area contributed by atoms with Gasteiger partial charge in [0.15, 0.2) is 0 Å². The summed E-state index contributed by atoms with van der Waals surface area (Å²) in [4.78, 5) is 2.37. The van der Waals surface area contributed by atoms with E-state index in [1.165, 1.54) is 16.8 Å². The number of aliphatic hydroxyl groups is 1. The molecular formula is C24H29NO. The minimum absolute atomic E-state index is 0.573. The second-order valence-corrected chi connectivity index (χ2v) is 7.16. The Hall–Kier alpha value is -2.32. The highest BCUT2D eigenvalue weighted by Crippen LogP contribution is 2.45. The summed E-state index contributed by atoms with van der Waals surface area (Å²) < 4.78 is 0. The lowest BCUT2D eigenvalue weighted by atomic mass is 10.0. The van der Waals surface area contributed by atoms with Gasteiger partial charge in [-0.25, -0.2) is 0 Å². The van der Waals surface area contributed by atoms with Crippen molar-refractivity contribution in [2.75, 3.05) is 18.0 Å². The molecule has 2 aliphatic carbocycles. The van der Waals surface area contributed by atoms with Crippen molar-refractivity contribution in [3.8, 4) is 0 Å². The Morgan fingerprint density at radius 3 is 2.58 bits per heavy atom. The van der Waals surface area contributed by atoms with Gasteiger partial charge < -0.3 is 10.0 Å². The van der Waals surface area contributed by atoms with Gasteiger partial charge in [0.1, 0.15) is 0 Å². The van der Waals surface area contributed by atoms with E-state index in [9.17, 15) is 5.11 Å². The fraction of sp³-hybridized carbons (Fsp3) is 0.333. The zero-order valence-electron chi connectivity index (χ0n) is 15.7. The second kappa shape index (κ2) is 8.37. The van der Waals surface area contributed by atoms with E-state index in [0.717, 1.165) is 44.3 Å². The highest BCUT2D eigenvalue weighted by Gasteiger charge is 2.41. The third kappa shape index (κ3) is 4.64. The molecule has 0 aliphatic heterocycles. The van der Waals surface area contributed by atoms with Crippen molar-refractivity contribution in [2.45, 2.75) is 38.2 Å². The molecule has 1 N–H and O–H groups in total. The van der Waals surface area contributed by atoms with Gasteiger partial charge in [0, 0.05) is 18.8 Å². The lowest BCUT2D eigenvalue weighted by Crippen LogP contribution is -2.27. The first-order valence-corrected chi connectivity index (χ1v) is 9.52. The molecule has 2 nitrogen and oxygen atoms in total. The number of hydrogen-bond acceptors (Lipinski definition) is 2. The Morgan fingerprint density at radius 2 is 2.00 bits per heavy atom.